The summed E-state index contributed by atoms with van der Waals surface area (Å²) in [6.07, 6.45) is 11.6. The topological polar surface area (TPSA) is 148 Å². The number of H-pyrrole nitrogens is 2. The lowest BCUT2D eigenvalue weighted by atomic mass is 10.0. The second-order valence-electron chi connectivity index (χ2n) is 14.8. The molecule has 0 aromatic carbocycles. The van der Waals surface area contributed by atoms with E-state index in [2.05, 4.69) is 83.5 Å². The number of hydrogen-bond acceptors (Lipinski definition) is 12. The molecule has 4 fully saturated rings. The van der Waals surface area contributed by atoms with Crippen molar-refractivity contribution in [3.63, 3.8) is 0 Å². The maximum atomic E-state index is 6.04. The lowest BCUT2D eigenvalue weighted by Gasteiger charge is -2.28. The molecule has 54 heavy (non-hydrogen) atoms. The number of halogens is 4. The smallest absolute Gasteiger partial charge is 0.228 e. The minimum Gasteiger partial charge on any atom is -0.356 e. The van der Waals surface area contributed by atoms with E-state index in [9.17, 15) is 0 Å². The van der Waals surface area contributed by atoms with Crippen LogP contribution in [0.25, 0.3) is 22.1 Å². The van der Waals surface area contributed by atoms with Crippen LogP contribution in [0.15, 0.2) is 49.3 Å². The molecule has 2 saturated carbocycles. The molecule has 10 rings (SSSR count). The largest absolute Gasteiger partial charge is 0.356 e. The molecule has 6 atom stereocenters. The molecule has 14 nitrogen and oxygen atoms in total. The molecule has 0 spiro atoms. The number of nitrogens with one attached hydrogen (secondary N) is 2. The Morgan fingerprint density at radius 2 is 1.06 bits per heavy atom. The van der Waals surface area contributed by atoms with Crippen LogP contribution in [0.1, 0.15) is 25.7 Å². The molecule has 280 valence electrons. The van der Waals surface area contributed by atoms with Crippen molar-refractivity contribution in [1.29, 1.82) is 0 Å². The SMILES string of the molecule is CN(c1ncnc2[nH]ccc12)C1C[C@@H]2CN(c3cc(Cl)nc(Cl)n3)C[C@@H]2C1.CN(c1ncnc2[nH]ccc12)C1C[C@@H]2CN(c3nc(Cl)cc(Cl)n3)C[C@@H]2C1. The fourth-order valence-corrected chi connectivity index (χ4v) is 10.0. The third kappa shape index (κ3) is 6.82. The second-order valence-corrected chi connectivity index (χ2v) is 16.3. The molecule has 6 aromatic heterocycles. The number of fused-ring (bicyclic) bond motifs is 4. The van der Waals surface area contributed by atoms with Crippen molar-refractivity contribution in [3.05, 3.63) is 70.1 Å². The van der Waals surface area contributed by atoms with E-state index < -0.39 is 0 Å². The third-order valence-electron chi connectivity index (χ3n) is 11.8. The van der Waals surface area contributed by atoms with E-state index in [1.165, 1.54) is 0 Å². The van der Waals surface area contributed by atoms with Crippen LogP contribution in [-0.4, -0.2) is 102 Å². The van der Waals surface area contributed by atoms with Crippen LogP contribution in [0.4, 0.5) is 23.4 Å². The van der Waals surface area contributed by atoms with Crippen LogP contribution in [0, 0.1) is 23.7 Å². The predicted octanol–water partition coefficient (Wildman–Crippen LogP) is 6.81. The fourth-order valence-electron chi connectivity index (χ4n) is 9.21. The number of aromatic amines is 2. The first-order valence-electron chi connectivity index (χ1n) is 18.1. The van der Waals surface area contributed by atoms with Crippen LogP contribution >= 0.6 is 46.4 Å². The van der Waals surface area contributed by atoms with Gasteiger partial charge in [-0.25, -0.2) is 39.9 Å². The Hall–Kier alpha value is -4.24. The Labute approximate surface area is 331 Å². The van der Waals surface area contributed by atoms with Crippen molar-refractivity contribution in [1.82, 2.24) is 49.8 Å². The second kappa shape index (κ2) is 14.4. The monoisotopic (exact) mass is 806 g/mol. The zero-order chi connectivity index (χ0) is 37.1. The molecule has 2 aliphatic carbocycles. The summed E-state index contributed by atoms with van der Waals surface area (Å²) >= 11 is 24.1. The Morgan fingerprint density at radius 1 is 0.593 bits per heavy atom. The Balaban J connectivity index is 0.000000142. The summed E-state index contributed by atoms with van der Waals surface area (Å²) in [6, 6.07) is 8.39. The molecule has 0 radical (unpaired) electrons. The van der Waals surface area contributed by atoms with Gasteiger partial charge in [-0.15, -0.1) is 0 Å². The van der Waals surface area contributed by atoms with E-state index in [1.807, 2.05) is 24.5 Å². The fraction of sp³-hybridized carbons (Fsp3) is 0.444. The first kappa shape index (κ1) is 35.5. The van der Waals surface area contributed by atoms with Gasteiger partial charge in [-0.1, -0.05) is 34.8 Å². The van der Waals surface area contributed by atoms with Crippen molar-refractivity contribution in [2.75, 3.05) is 59.9 Å². The number of nitrogens with zero attached hydrogens (tertiary/aromatic N) is 12. The molecule has 2 saturated heterocycles. The summed E-state index contributed by atoms with van der Waals surface area (Å²) < 4.78 is 0. The van der Waals surface area contributed by atoms with Crippen molar-refractivity contribution in [2.45, 2.75) is 37.8 Å². The Bertz CT molecular complexity index is 2070. The molecule has 0 amide bonds. The summed E-state index contributed by atoms with van der Waals surface area (Å²) in [5.41, 5.74) is 1.76. The van der Waals surface area contributed by atoms with Gasteiger partial charge in [-0.2, -0.15) is 0 Å². The van der Waals surface area contributed by atoms with Gasteiger partial charge < -0.3 is 29.6 Å². The van der Waals surface area contributed by atoms with E-state index in [4.69, 9.17) is 46.4 Å². The van der Waals surface area contributed by atoms with Gasteiger partial charge in [0.25, 0.3) is 0 Å². The van der Waals surface area contributed by atoms with E-state index in [-0.39, 0.29) is 5.28 Å². The normalized spacial score (nSPS) is 24.6. The predicted molar refractivity (Wildman–Crippen MR) is 213 cm³/mol. The molecular formula is C36H38Cl4N14. The van der Waals surface area contributed by atoms with Crippen molar-refractivity contribution in [2.24, 2.45) is 23.7 Å². The van der Waals surface area contributed by atoms with E-state index >= 15 is 0 Å². The lowest BCUT2D eigenvalue weighted by molar-refractivity contribution is 0.494. The molecular weight excluding hydrogens is 770 g/mol. The van der Waals surface area contributed by atoms with Gasteiger partial charge in [0, 0.05) is 76.9 Å². The molecule has 0 bridgehead atoms. The minimum absolute atomic E-state index is 0.200. The highest BCUT2D eigenvalue weighted by atomic mass is 35.5. The van der Waals surface area contributed by atoms with Crippen LogP contribution in [0.3, 0.4) is 0 Å². The van der Waals surface area contributed by atoms with Gasteiger partial charge in [0.2, 0.25) is 11.2 Å². The van der Waals surface area contributed by atoms with Crippen LogP contribution in [0.2, 0.25) is 20.7 Å². The number of anilines is 4. The first-order chi connectivity index (χ1) is 26.2. The number of hydrogen-bond donors (Lipinski definition) is 2. The maximum absolute atomic E-state index is 6.04. The van der Waals surface area contributed by atoms with Gasteiger partial charge >= 0.3 is 0 Å². The van der Waals surface area contributed by atoms with Crippen LogP contribution in [0.5, 0.6) is 0 Å². The Kier molecular flexibility index (Phi) is 9.48. The highest BCUT2D eigenvalue weighted by molar-refractivity contribution is 6.33. The van der Waals surface area contributed by atoms with Gasteiger partial charge in [0.1, 0.15) is 56.9 Å². The van der Waals surface area contributed by atoms with E-state index in [0.717, 1.165) is 91.4 Å². The Morgan fingerprint density at radius 3 is 1.54 bits per heavy atom. The van der Waals surface area contributed by atoms with Gasteiger partial charge in [0.15, 0.2) is 0 Å². The quantitative estimate of drug-likeness (QED) is 0.135. The van der Waals surface area contributed by atoms with Gasteiger partial charge in [0.05, 0.1) is 10.8 Å². The summed E-state index contributed by atoms with van der Waals surface area (Å²) in [5.74, 6) is 5.94. The summed E-state index contributed by atoms with van der Waals surface area (Å²) in [7, 11) is 4.28. The van der Waals surface area contributed by atoms with Crippen molar-refractivity contribution in [3.8, 4) is 0 Å². The standard InChI is InChI=1S/2C18H19Cl2N7/c1-26(17-13-2-3-21-16(13)22-9-23-17)12-4-10-7-27(8-11(10)5-12)15-6-14(19)24-18(20)25-15;1-26(17-13-2-3-21-16(13)22-9-23-17)12-4-10-7-27(8-11(10)5-12)18-24-14(19)6-15(20)25-18/h2*2-3,6,9-12H,4-5,7-8H2,1H3,(H,21,22,23)/t2*10-,11+,12?. The first-order valence-corrected chi connectivity index (χ1v) is 19.6. The summed E-state index contributed by atoms with van der Waals surface area (Å²) in [4.78, 5) is 50.0. The van der Waals surface area contributed by atoms with Gasteiger partial charge in [-0.3, -0.25) is 0 Å². The average molecular weight is 809 g/mol. The molecule has 8 heterocycles. The van der Waals surface area contributed by atoms with E-state index in [1.54, 1.807) is 24.8 Å². The lowest BCUT2D eigenvalue weighted by Crippen LogP contribution is -2.33. The van der Waals surface area contributed by atoms with Crippen LogP contribution in [-0.2, 0) is 0 Å². The molecule has 4 aliphatic rings. The molecule has 6 aromatic rings. The minimum atomic E-state index is 0.200. The average Bonchev–Trinajstić information content (AvgIpc) is 3.99. The summed E-state index contributed by atoms with van der Waals surface area (Å²) in [5, 5.41) is 3.51. The molecule has 2 N–H and O–H groups in total. The summed E-state index contributed by atoms with van der Waals surface area (Å²) in [6.45, 7) is 3.83. The highest BCUT2D eigenvalue weighted by Crippen LogP contribution is 2.44. The van der Waals surface area contributed by atoms with E-state index in [0.29, 0.717) is 57.2 Å². The third-order valence-corrected chi connectivity index (χ3v) is 12.5. The molecule has 2 unspecified atom stereocenters. The van der Waals surface area contributed by atoms with Crippen molar-refractivity contribution >= 4 is 91.9 Å². The molecule has 2 aliphatic heterocycles. The zero-order valence-corrected chi connectivity index (χ0v) is 32.6. The molecule has 18 heteroatoms. The maximum Gasteiger partial charge on any atom is 0.228 e. The highest BCUT2D eigenvalue weighted by Gasteiger charge is 2.44. The van der Waals surface area contributed by atoms with Crippen molar-refractivity contribution < 1.29 is 0 Å². The van der Waals surface area contributed by atoms with Crippen LogP contribution < -0.4 is 19.6 Å². The number of aromatic nitrogens is 10. The number of rotatable bonds is 6. The zero-order valence-electron chi connectivity index (χ0n) is 29.6. The van der Waals surface area contributed by atoms with Gasteiger partial charge in [-0.05, 0) is 73.1 Å².